The van der Waals surface area contributed by atoms with Gasteiger partial charge in [0, 0.05) is 5.56 Å². The molecule has 13 heavy (non-hydrogen) atoms. The van der Waals surface area contributed by atoms with Crippen molar-refractivity contribution in [1.29, 1.82) is 0 Å². The van der Waals surface area contributed by atoms with E-state index in [1.54, 1.807) is 0 Å². The Labute approximate surface area is 88.2 Å². The van der Waals surface area contributed by atoms with Crippen LogP contribution in [0.2, 0.25) is 8.67 Å². The van der Waals surface area contributed by atoms with E-state index in [0.717, 1.165) is 11.3 Å². The molecule has 0 radical (unpaired) electrons. The molecule has 0 aliphatic carbocycles. The van der Waals surface area contributed by atoms with E-state index in [4.69, 9.17) is 34.2 Å². The van der Waals surface area contributed by atoms with Crippen LogP contribution in [0.5, 0.6) is 0 Å². The average Bonchev–Trinajstić information content (AvgIpc) is 2.31. The number of hydrazine groups is 1. The van der Waals surface area contributed by atoms with Crippen molar-refractivity contribution in [3.8, 4) is 0 Å². The standard InChI is InChI=1S/C6H6Cl2N2O2S/c7-3-1-2(5(8)13-3)4(10-9)6(11)12/h1,4,10H,9H2,(H,11,12). The summed E-state index contributed by atoms with van der Waals surface area (Å²) in [5.74, 6) is 3.96. The van der Waals surface area contributed by atoms with Crippen molar-refractivity contribution >= 4 is 40.5 Å². The largest absolute Gasteiger partial charge is 0.480 e. The third kappa shape index (κ3) is 2.32. The van der Waals surface area contributed by atoms with Gasteiger partial charge in [-0.15, -0.1) is 11.3 Å². The Balaban J connectivity index is 3.04. The van der Waals surface area contributed by atoms with E-state index in [9.17, 15) is 4.79 Å². The lowest BCUT2D eigenvalue weighted by atomic mass is 10.2. The maximum Gasteiger partial charge on any atom is 0.326 e. The van der Waals surface area contributed by atoms with E-state index in [0.29, 0.717) is 14.2 Å². The van der Waals surface area contributed by atoms with Crippen molar-refractivity contribution < 1.29 is 9.90 Å². The van der Waals surface area contributed by atoms with Crippen molar-refractivity contribution in [1.82, 2.24) is 5.43 Å². The number of carboxylic acid groups (broad SMARTS) is 1. The van der Waals surface area contributed by atoms with E-state index >= 15 is 0 Å². The van der Waals surface area contributed by atoms with Gasteiger partial charge < -0.3 is 5.11 Å². The number of nitrogens with two attached hydrogens (primary N) is 1. The molecule has 0 bridgehead atoms. The number of hydrogen-bond donors (Lipinski definition) is 3. The molecule has 4 N–H and O–H groups in total. The molecule has 1 aromatic rings. The van der Waals surface area contributed by atoms with Crippen LogP contribution in [0.4, 0.5) is 0 Å². The molecule has 0 fully saturated rings. The zero-order chi connectivity index (χ0) is 10.0. The molecule has 4 nitrogen and oxygen atoms in total. The SMILES string of the molecule is NNC(C(=O)O)c1cc(Cl)sc1Cl. The van der Waals surface area contributed by atoms with Crippen molar-refractivity contribution in [2.75, 3.05) is 0 Å². The molecule has 1 heterocycles. The molecule has 0 aliphatic heterocycles. The molecule has 1 aromatic heterocycles. The lowest BCUT2D eigenvalue weighted by Crippen LogP contribution is -2.33. The zero-order valence-corrected chi connectivity index (χ0v) is 8.58. The van der Waals surface area contributed by atoms with Gasteiger partial charge in [-0.3, -0.25) is 10.6 Å². The van der Waals surface area contributed by atoms with E-state index in [-0.39, 0.29) is 0 Å². The Morgan fingerprint density at radius 2 is 2.31 bits per heavy atom. The van der Waals surface area contributed by atoms with Crippen LogP contribution in [-0.4, -0.2) is 11.1 Å². The molecule has 1 atom stereocenters. The highest BCUT2D eigenvalue weighted by Crippen LogP contribution is 2.34. The Morgan fingerprint density at radius 1 is 1.69 bits per heavy atom. The highest BCUT2D eigenvalue weighted by molar-refractivity contribution is 7.20. The van der Waals surface area contributed by atoms with Gasteiger partial charge in [0.1, 0.15) is 6.04 Å². The number of carbonyl (C=O) groups is 1. The predicted octanol–water partition coefficient (Wildman–Crippen LogP) is 1.64. The van der Waals surface area contributed by atoms with Crippen molar-refractivity contribution in [3.63, 3.8) is 0 Å². The Kier molecular flexibility index (Phi) is 3.52. The lowest BCUT2D eigenvalue weighted by Gasteiger charge is -2.08. The summed E-state index contributed by atoms with van der Waals surface area (Å²) in [5.41, 5.74) is 2.52. The van der Waals surface area contributed by atoms with Crippen LogP contribution >= 0.6 is 34.5 Å². The summed E-state index contributed by atoms with van der Waals surface area (Å²) < 4.78 is 0.761. The molecule has 72 valence electrons. The van der Waals surface area contributed by atoms with Crippen LogP contribution in [0.3, 0.4) is 0 Å². The van der Waals surface area contributed by atoms with Gasteiger partial charge in [-0.05, 0) is 6.07 Å². The fourth-order valence-corrected chi connectivity index (χ4v) is 2.38. The minimum absolute atomic E-state index is 0.329. The molecule has 1 rings (SSSR count). The summed E-state index contributed by atoms with van der Waals surface area (Å²) in [6.07, 6.45) is 0. The van der Waals surface area contributed by atoms with Crippen molar-refractivity contribution in [2.45, 2.75) is 6.04 Å². The van der Waals surface area contributed by atoms with Crippen LogP contribution in [0.25, 0.3) is 0 Å². The Hall–Kier alpha value is -0.330. The van der Waals surface area contributed by atoms with Gasteiger partial charge in [-0.1, -0.05) is 23.2 Å². The first kappa shape index (κ1) is 10.7. The maximum atomic E-state index is 10.7. The first-order chi connectivity index (χ1) is 6.06. The molecule has 0 aliphatic rings. The number of nitrogens with one attached hydrogen (secondary N) is 1. The number of carboxylic acids is 1. The Morgan fingerprint density at radius 3 is 2.62 bits per heavy atom. The third-order valence-corrected chi connectivity index (χ3v) is 2.93. The number of thiophene rings is 1. The van der Waals surface area contributed by atoms with E-state index in [2.05, 4.69) is 5.43 Å². The summed E-state index contributed by atoms with van der Waals surface area (Å²) in [5, 5.41) is 8.72. The summed E-state index contributed by atoms with van der Waals surface area (Å²) in [6, 6.07) is 0.462. The number of halogens is 2. The molecule has 0 aromatic carbocycles. The molecule has 0 spiro atoms. The van der Waals surface area contributed by atoms with Crippen LogP contribution in [0, 0.1) is 0 Å². The number of aliphatic carboxylic acids is 1. The summed E-state index contributed by atoms with van der Waals surface area (Å²) in [6.45, 7) is 0. The van der Waals surface area contributed by atoms with Crippen LogP contribution < -0.4 is 11.3 Å². The van der Waals surface area contributed by atoms with Gasteiger partial charge in [0.25, 0.3) is 0 Å². The van der Waals surface area contributed by atoms with Gasteiger partial charge >= 0.3 is 5.97 Å². The molecule has 0 saturated heterocycles. The molecule has 0 saturated carbocycles. The first-order valence-corrected chi connectivity index (χ1v) is 4.77. The second-order valence-electron chi connectivity index (χ2n) is 2.22. The zero-order valence-electron chi connectivity index (χ0n) is 6.25. The second-order valence-corrected chi connectivity index (χ2v) is 4.50. The fraction of sp³-hybridized carbons (Fsp3) is 0.167. The molecule has 1 unspecified atom stereocenters. The summed E-state index contributed by atoms with van der Waals surface area (Å²) >= 11 is 12.5. The van der Waals surface area contributed by atoms with Crippen molar-refractivity contribution in [2.24, 2.45) is 5.84 Å². The van der Waals surface area contributed by atoms with Crippen LogP contribution in [0.1, 0.15) is 11.6 Å². The maximum absolute atomic E-state index is 10.7. The first-order valence-electron chi connectivity index (χ1n) is 3.20. The smallest absolute Gasteiger partial charge is 0.326 e. The van der Waals surface area contributed by atoms with E-state index in [1.165, 1.54) is 6.07 Å². The van der Waals surface area contributed by atoms with Gasteiger partial charge in [-0.2, -0.15) is 0 Å². The normalized spacial score (nSPS) is 12.8. The molecular weight excluding hydrogens is 235 g/mol. The second kappa shape index (κ2) is 4.26. The summed E-state index contributed by atoms with van der Waals surface area (Å²) in [4.78, 5) is 10.7. The molecular formula is C6H6Cl2N2O2S. The monoisotopic (exact) mass is 240 g/mol. The number of rotatable bonds is 3. The minimum atomic E-state index is -1.10. The molecule has 7 heteroatoms. The topological polar surface area (TPSA) is 75.3 Å². The average molecular weight is 241 g/mol. The van der Waals surface area contributed by atoms with Crippen LogP contribution in [0.15, 0.2) is 6.07 Å². The summed E-state index contributed by atoms with van der Waals surface area (Å²) in [7, 11) is 0. The highest BCUT2D eigenvalue weighted by Gasteiger charge is 2.22. The quantitative estimate of drug-likeness (QED) is 0.555. The van der Waals surface area contributed by atoms with E-state index < -0.39 is 12.0 Å². The lowest BCUT2D eigenvalue weighted by molar-refractivity contribution is -0.139. The Bertz CT molecular complexity index is 328. The van der Waals surface area contributed by atoms with Gasteiger partial charge in [-0.25, -0.2) is 5.43 Å². The van der Waals surface area contributed by atoms with Crippen LogP contribution in [-0.2, 0) is 4.79 Å². The third-order valence-electron chi connectivity index (χ3n) is 1.41. The fourth-order valence-electron chi connectivity index (χ4n) is 0.844. The van der Waals surface area contributed by atoms with Gasteiger partial charge in [0.15, 0.2) is 0 Å². The minimum Gasteiger partial charge on any atom is -0.480 e. The van der Waals surface area contributed by atoms with E-state index in [1.807, 2.05) is 0 Å². The highest BCUT2D eigenvalue weighted by atomic mass is 35.5. The predicted molar refractivity (Wildman–Crippen MR) is 52.0 cm³/mol. The number of hydrogen-bond acceptors (Lipinski definition) is 4. The van der Waals surface area contributed by atoms with Gasteiger partial charge in [0.2, 0.25) is 0 Å². The van der Waals surface area contributed by atoms with Crippen molar-refractivity contribution in [3.05, 3.63) is 20.3 Å². The molecule has 0 amide bonds. The van der Waals surface area contributed by atoms with Gasteiger partial charge in [0.05, 0.1) is 8.67 Å².